The minimum Gasteiger partial charge on any atom is -0.475 e. The number of hydrogen-bond donors (Lipinski definition) is 1. The van der Waals surface area contributed by atoms with E-state index in [1.54, 1.807) is 6.07 Å². The lowest BCUT2D eigenvalue weighted by Gasteiger charge is -1.99. The maximum Gasteiger partial charge on any atom is 0.372 e. The molecule has 0 atom stereocenters. The van der Waals surface area contributed by atoms with Crippen LogP contribution in [0.1, 0.15) is 11.1 Å². The number of hydrogen-bond acceptors (Lipinski definition) is 3. The molecule has 1 aromatic carbocycles. The van der Waals surface area contributed by atoms with Gasteiger partial charge in [-0.15, -0.1) is 0 Å². The SMILES string of the molecule is N#Cc1cc(CC(=O)C(=O)O)ccc1F. The summed E-state index contributed by atoms with van der Waals surface area (Å²) in [5.74, 6) is -3.23. The molecule has 0 fully saturated rings. The van der Waals surface area contributed by atoms with Crippen molar-refractivity contribution in [1.29, 1.82) is 5.26 Å². The number of aliphatic carboxylic acids is 1. The predicted octanol–water partition coefficient (Wildman–Crippen LogP) is 0.894. The highest BCUT2D eigenvalue weighted by Gasteiger charge is 2.13. The Kier molecular flexibility index (Phi) is 3.13. The fourth-order valence-electron chi connectivity index (χ4n) is 1.03. The minimum absolute atomic E-state index is 0.203. The smallest absolute Gasteiger partial charge is 0.372 e. The lowest BCUT2D eigenvalue weighted by atomic mass is 10.1. The van der Waals surface area contributed by atoms with Crippen LogP contribution in [0.3, 0.4) is 0 Å². The van der Waals surface area contributed by atoms with Gasteiger partial charge in [0.1, 0.15) is 11.9 Å². The summed E-state index contributed by atoms with van der Waals surface area (Å²) >= 11 is 0. The molecule has 5 heteroatoms. The highest BCUT2D eigenvalue weighted by atomic mass is 19.1. The van der Waals surface area contributed by atoms with Crippen LogP contribution < -0.4 is 0 Å². The molecule has 0 spiro atoms. The highest BCUT2D eigenvalue weighted by Crippen LogP contribution is 2.10. The van der Waals surface area contributed by atoms with E-state index in [1.807, 2.05) is 0 Å². The van der Waals surface area contributed by atoms with Crippen molar-refractivity contribution in [1.82, 2.24) is 0 Å². The van der Waals surface area contributed by atoms with Crippen molar-refractivity contribution in [3.8, 4) is 6.07 Å². The van der Waals surface area contributed by atoms with Crippen LogP contribution in [0.25, 0.3) is 0 Å². The summed E-state index contributed by atoms with van der Waals surface area (Å²) in [7, 11) is 0. The Hall–Kier alpha value is -2.22. The summed E-state index contributed by atoms with van der Waals surface area (Å²) in [6, 6.07) is 5.07. The number of rotatable bonds is 3. The van der Waals surface area contributed by atoms with E-state index in [0.717, 1.165) is 12.1 Å². The molecular formula is C10H6FNO3. The van der Waals surface area contributed by atoms with Crippen LogP contribution in [0.2, 0.25) is 0 Å². The largest absolute Gasteiger partial charge is 0.475 e. The van der Waals surface area contributed by atoms with Gasteiger partial charge in [0.25, 0.3) is 0 Å². The minimum atomic E-state index is -1.54. The van der Waals surface area contributed by atoms with Gasteiger partial charge in [0.15, 0.2) is 0 Å². The summed E-state index contributed by atoms with van der Waals surface area (Å²) < 4.78 is 12.8. The molecule has 0 aliphatic rings. The molecule has 76 valence electrons. The number of carbonyl (C=O) groups is 2. The Bertz CT molecular complexity index is 462. The fourth-order valence-corrected chi connectivity index (χ4v) is 1.03. The molecule has 0 heterocycles. The van der Waals surface area contributed by atoms with Crippen LogP contribution >= 0.6 is 0 Å². The normalized spacial score (nSPS) is 9.33. The van der Waals surface area contributed by atoms with Gasteiger partial charge in [0.2, 0.25) is 5.78 Å². The Labute approximate surface area is 84.6 Å². The molecule has 15 heavy (non-hydrogen) atoms. The molecule has 0 aromatic heterocycles. The summed E-state index contributed by atoms with van der Waals surface area (Å²) in [6.07, 6.45) is -0.343. The van der Waals surface area contributed by atoms with E-state index >= 15 is 0 Å². The second-order valence-electron chi connectivity index (χ2n) is 2.83. The highest BCUT2D eigenvalue weighted by molar-refractivity contribution is 6.33. The third-order valence-corrected chi connectivity index (χ3v) is 1.75. The van der Waals surface area contributed by atoms with Gasteiger partial charge in [-0.25, -0.2) is 9.18 Å². The first-order valence-electron chi connectivity index (χ1n) is 3.99. The zero-order valence-electron chi connectivity index (χ0n) is 7.53. The van der Waals surface area contributed by atoms with Crippen molar-refractivity contribution in [2.75, 3.05) is 0 Å². The van der Waals surface area contributed by atoms with Crippen molar-refractivity contribution >= 4 is 11.8 Å². The summed E-state index contributed by atoms with van der Waals surface area (Å²) in [6.45, 7) is 0. The number of ketones is 1. The van der Waals surface area contributed by atoms with Crippen LogP contribution in [-0.2, 0) is 16.0 Å². The maximum atomic E-state index is 12.8. The van der Waals surface area contributed by atoms with Gasteiger partial charge in [-0.3, -0.25) is 4.79 Å². The number of benzene rings is 1. The van der Waals surface area contributed by atoms with Crippen LogP contribution in [0.4, 0.5) is 4.39 Å². The van der Waals surface area contributed by atoms with Crippen molar-refractivity contribution in [3.05, 3.63) is 35.1 Å². The Morgan fingerprint density at radius 3 is 2.67 bits per heavy atom. The van der Waals surface area contributed by atoms with Crippen LogP contribution in [0.5, 0.6) is 0 Å². The Morgan fingerprint density at radius 1 is 1.47 bits per heavy atom. The first kappa shape index (κ1) is 10.9. The van der Waals surface area contributed by atoms with Crippen molar-refractivity contribution in [2.45, 2.75) is 6.42 Å². The second-order valence-corrected chi connectivity index (χ2v) is 2.83. The van der Waals surface area contributed by atoms with E-state index in [2.05, 4.69) is 0 Å². The molecule has 0 unspecified atom stereocenters. The monoisotopic (exact) mass is 207 g/mol. The number of carboxylic acid groups (broad SMARTS) is 1. The van der Waals surface area contributed by atoms with E-state index in [0.29, 0.717) is 5.56 Å². The molecule has 1 N–H and O–H groups in total. The van der Waals surface area contributed by atoms with Crippen LogP contribution in [-0.4, -0.2) is 16.9 Å². The average molecular weight is 207 g/mol. The number of carboxylic acids is 1. The topological polar surface area (TPSA) is 78.2 Å². The van der Waals surface area contributed by atoms with Gasteiger partial charge >= 0.3 is 5.97 Å². The molecule has 0 aliphatic carbocycles. The number of nitrogens with zero attached hydrogens (tertiary/aromatic N) is 1. The Morgan fingerprint density at radius 2 is 2.13 bits per heavy atom. The Balaban J connectivity index is 2.94. The van der Waals surface area contributed by atoms with Crippen molar-refractivity contribution in [3.63, 3.8) is 0 Å². The molecule has 4 nitrogen and oxygen atoms in total. The number of halogens is 1. The first-order chi connectivity index (χ1) is 7.04. The molecule has 0 radical (unpaired) electrons. The van der Waals surface area contributed by atoms with Gasteiger partial charge < -0.3 is 5.11 Å². The first-order valence-corrected chi connectivity index (χ1v) is 3.99. The van der Waals surface area contributed by atoms with Crippen LogP contribution in [0, 0.1) is 17.1 Å². The number of carbonyl (C=O) groups excluding carboxylic acids is 1. The molecule has 0 saturated carbocycles. The molecule has 1 rings (SSSR count). The lowest BCUT2D eigenvalue weighted by molar-refractivity contribution is -0.148. The summed E-state index contributed by atoms with van der Waals surface area (Å²) in [4.78, 5) is 21.1. The third-order valence-electron chi connectivity index (χ3n) is 1.75. The van der Waals surface area contributed by atoms with Crippen LogP contribution in [0.15, 0.2) is 18.2 Å². The molecule has 1 aromatic rings. The van der Waals surface area contributed by atoms with E-state index in [-0.39, 0.29) is 12.0 Å². The lowest BCUT2D eigenvalue weighted by Crippen LogP contribution is -2.15. The van der Waals surface area contributed by atoms with E-state index < -0.39 is 17.6 Å². The van der Waals surface area contributed by atoms with Gasteiger partial charge in [-0.1, -0.05) is 6.07 Å². The number of Topliss-reactive ketones (excluding diaryl/α,β-unsaturated/α-hetero) is 1. The maximum absolute atomic E-state index is 12.8. The van der Waals surface area contributed by atoms with E-state index in [9.17, 15) is 14.0 Å². The van der Waals surface area contributed by atoms with Gasteiger partial charge in [-0.2, -0.15) is 5.26 Å². The molecular weight excluding hydrogens is 201 g/mol. The average Bonchev–Trinajstić information content (AvgIpc) is 2.20. The zero-order chi connectivity index (χ0) is 11.4. The molecule has 0 saturated heterocycles. The molecule has 0 aliphatic heterocycles. The van der Waals surface area contributed by atoms with Gasteiger partial charge in [-0.05, 0) is 17.7 Å². The fraction of sp³-hybridized carbons (Fsp3) is 0.100. The third kappa shape index (κ3) is 2.61. The molecule has 0 amide bonds. The van der Waals surface area contributed by atoms with Gasteiger partial charge in [0.05, 0.1) is 5.56 Å². The van der Waals surface area contributed by atoms with Crippen molar-refractivity contribution < 1.29 is 19.1 Å². The van der Waals surface area contributed by atoms with Gasteiger partial charge in [0, 0.05) is 6.42 Å². The zero-order valence-corrected chi connectivity index (χ0v) is 7.53. The quantitative estimate of drug-likeness (QED) is 0.746. The number of nitriles is 1. The summed E-state index contributed by atoms with van der Waals surface area (Å²) in [5.41, 5.74) is 0.103. The molecule has 0 bridgehead atoms. The summed E-state index contributed by atoms with van der Waals surface area (Å²) in [5, 5.41) is 16.8. The standard InChI is InChI=1S/C10H6FNO3/c11-8-2-1-6(3-7(8)5-12)4-9(13)10(14)15/h1-3H,4H2,(H,14,15). The predicted molar refractivity (Wildman–Crippen MR) is 47.5 cm³/mol. The second kappa shape index (κ2) is 4.33. The van der Waals surface area contributed by atoms with E-state index in [4.69, 9.17) is 10.4 Å². The van der Waals surface area contributed by atoms with E-state index in [1.165, 1.54) is 6.07 Å². The van der Waals surface area contributed by atoms with Crippen molar-refractivity contribution in [2.24, 2.45) is 0 Å².